The lowest BCUT2D eigenvalue weighted by Crippen LogP contribution is -2.03. The molecule has 2 aromatic rings. The van der Waals surface area contributed by atoms with E-state index >= 15 is 0 Å². The summed E-state index contributed by atoms with van der Waals surface area (Å²) in [7, 11) is 1.29. The predicted molar refractivity (Wildman–Crippen MR) is 66.1 cm³/mol. The van der Waals surface area contributed by atoms with Gasteiger partial charge in [0.25, 0.3) is 5.22 Å². The van der Waals surface area contributed by atoms with Crippen LogP contribution < -0.4 is 0 Å². The minimum atomic E-state index is -0.401. The Morgan fingerprint density at radius 1 is 1.33 bits per heavy atom. The number of fused-ring (bicyclic) bond motifs is 1. The minimum absolute atomic E-state index is 0.0720. The summed E-state index contributed by atoms with van der Waals surface area (Å²) in [6.07, 6.45) is 0.179. The molecule has 0 radical (unpaired) electrons. The van der Waals surface area contributed by atoms with E-state index in [4.69, 9.17) is 4.42 Å². The molecule has 1 aromatic heterocycles. The summed E-state index contributed by atoms with van der Waals surface area (Å²) in [6, 6.07) is 7.27. The fourth-order valence-electron chi connectivity index (χ4n) is 1.35. The largest absolute Gasteiger partial charge is 0.469 e. The van der Waals surface area contributed by atoms with Crippen LogP contribution in [0, 0.1) is 0 Å². The Morgan fingerprint density at radius 3 is 2.83 bits per heavy atom. The van der Waals surface area contributed by atoms with Crippen LogP contribution in [0.15, 0.2) is 33.9 Å². The molecule has 0 atom stereocenters. The van der Waals surface area contributed by atoms with Gasteiger partial charge in [0.2, 0.25) is 0 Å². The van der Waals surface area contributed by atoms with E-state index in [0.29, 0.717) is 16.3 Å². The van der Waals surface area contributed by atoms with Crippen LogP contribution in [-0.4, -0.2) is 23.2 Å². The van der Waals surface area contributed by atoms with Gasteiger partial charge in [-0.05, 0) is 12.1 Å². The Balaban J connectivity index is 1.96. The summed E-state index contributed by atoms with van der Waals surface area (Å²) in [4.78, 5) is 26.6. The van der Waals surface area contributed by atoms with Crippen molar-refractivity contribution in [1.82, 2.24) is 4.98 Å². The molecule has 0 bridgehead atoms. The molecule has 0 amide bonds. The minimum Gasteiger partial charge on any atom is -0.469 e. The highest BCUT2D eigenvalue weighted by Gasteiger charge is 2.13. The molecule has 94 valence electrons. The maximum Gasteiger partial charge on any atom is 0.305 e. The number of benzene rings is 1. The number of carbonyl (C=O) groups excluding carboxylic acids is 2. The molecule has 0 saturated heterocycles. The molecule has 1 aromatic carbocycles. The first-order chi connectivity index (χ1) is 8.69. The van der Waals surface area contributed by atoms with Crippen molar-refractivity contribution >= 4 is 33.9 Å². The first-order valence-electron chi connectivity index (χ1n) is 5.32. The topological polar surface area (TPSA) is 69.4 Å². The van der Waals surface area contributed by atoms with Crippen LogP contribution in [0.25, 0.3) is 11.1 Å². The average Bonchev–Trinajstić information content (AvgIpc) is 2.77. The third kappa shape index (κ3) is 3.10. The van der Waals surface area contributed by atoms with E-state index in [1.54, 1.807) is 6.07 Å². The van der Waals surface area contributed by atoms with Gasteiger partial charge in [-0.25, -0.2) is 4.98 Å². The second-order valence-electron chi connectivity index (χ2n) is 3.50. The monoisotopic (exact) mass is 265 g/mol. The molecule has 5 nitrogen and oxygen atoms in total. The maximum absolute atomic E-state index is 11.6. The first kappa shape index (κ1) is 12.6. The number of nitrogens with zero attached hydrogens (tertiary/aromatic N) is 1. The third-order valence-corrected chi connectivity index (χ3v) is 3.02. The SMILES string of the molecule is COC(=O)CCC(=O)Sc1nc2ccccc2o1. The van der Waals surface area contributed by atoms with Gasteiger partial charge in [-0.1, -0.05) is 12.1 Å². The van der Waals surface area contributed by atoms with E-state index in [9.17, 15) is 9.59 Å². The Labute approximate surface area is 108 Å². The van der Waals surface area contributed by atoms with Gasteiger partial charge >= 0.3 is 5.97 Å². The highest BCUT2D eigenvalue weighted by molar-refractivity contribution is 8.13. The van der Waals surface area contributed by atoms with Crippen molar-refractivity contribution in [2.45, 2.75) is 18.1 Å². The first-order valence-corrected chi connectivity index (χ1v) is 6.14. The van der Waals surface area contributed by atoms with E-state index in [2.05, 4.69) is 9.72 Å². The lowest BCUT2D eigenvalue weighted by Gasteiger charge is -1.96. The van der Waals surface area contributed by atoms with Crippen molar-refractivity contribution in [1.29, 1.82) is 0 Å². The summed E-state index contributed by atoms with van der Waals surface area (Å²) in [5.74, 6) is -0.401. The van der Waals surface area contributed by atoms with E-state index in [1.807, 2.05) is 18.2 Å². The molecule has 0 fully saturated rings. The van der Waals surface area contributed by atoms with Crippen LogP contribution >= 0.6 is 11.8 Å². The summed E-state index contributed by atoms with van der Waals surface area (Å²) in [6.45, 7) is 0. The number of rotatable bonds is 4. The van der Waals surface area contributed by atoms with E-state index in [0.717, 1.165) is 11.8 Å². The fourth-order valence-corrected chi connectivity index (χ4v) is 2.02. The molecule has 6 heteroatoms. The number of carbonyl (C=O) groups is 2. The molecule has 0 saturated carbocycles. The van der Waals surface area contributed by atoms with Crippen LogP contribution in [0.4, 0.5) is 0 Å². The summed E-state index contributed by atoms with van der Waals surface area (Å²) < 4.78 is 9.85. The molecule has 0 aliphatic heterocycles. The molecule has 0 aliphatic rings. The number of methoxy groups -OCH3 is 1. The molecule has 1 heterocycles. The predicted octanol–water partition coefficient (Wildman–Crippen LogP) is 2.40. The van der Waals surface area contributed by atoms with E-state index < -0.39 is 5.97 Å². The van der Waals surface area contributed by atoms with Crippen LogP contribution in [0.1, 0.15) is 12.8 Å². The van der Waals surface area contributed by atoms with Gasteiger partial charge in [-0.3, -0.25) is 9.59 Å². The zero-order valence-electron chi connectivity index (χ0n) is 9.71. The van der Waals surface area contributed by atoms with E-state index in [1.165, 1.54) is 7.11 Å². The van der Waals surface area contributed by atoms with E-state index in [-0.39, 0.29) is 18.0 Å². The molecule has 0 spiro atoms. The van der Waals surface area contributed by atoms with Gasteiger partial charge in [0.1, 0.15) is 5.52 Å². The lowest BCUT2D eigenvalue weighted by molar-refractivity contribution is -0.141. The fraction of sp³-hybridized carbons (Fsp3) is 0.250. The Bertz CT molecular complexity index is 545. The smallest absolute Gasteiger partial charge is 0.305 e. The zero-order valence-corrected chi connectivity index (χ0v) is 10.5. The molecular formula is C12H11NO4S. The highest BCUT2D eigenvalue weighted by Crippen LogP contribution is 2.24. The highest BCUT2D eigenvalue weighted by atomic mass is 32.2. The van der Waals surface area contributed by atoms with Crippen molar-refractivity contribution in [3.8, 4) is 0 Å². The zero-order chi connectivity index (χ0) is 13.0. The Kier molecular flexibility index (Phi) is 3.99. The van der Waals surface area contributed by atoms with Gasteiger partial charge in [-0.15, -0.1) is 0 Å². The summed E-state index contributed by atoms with van der Waals surface area (Å²) in [5, 5.41) is 0.123. The van der Waals surface area contributed by atoms with Crippen LogP contribution in [0.2, 0.25) is 0 Å². The number of para-hydroxylation sites is 2. The van der Waals surface area contributed by atoms with Gasteiger partial charge in [0, 0.05) is 18.2 Å². The quantitative estimate of drug-likeness (QED) is 0.624. The number of hydrogen-bond acceptors (Lipinski definition) is 6. The third-order valence-electron chi connectivity index (χ3n) is 2.24. The number of thioether (sulfide) groups is 1. The summed E-state index contributed by atoms with van der Waals surface area (Å²) in [5.41, 5.74) is 1.35. The van der Waals surface area contributed by atoms with Crippen molar-refractivity contribution < 1.29 is 18.7 Å². The molecule has 0 unspecified atom stereocenters. The normalized spacial score (nSPS) is 10.5. The van der Waals surface area contributed by atoms with Crippen molar-refractivity contribution in [2.24, 2.45) is 0 Å². The number of esters is 1. The average molecular weight is 265 g/mol. The Morgan fingerprint density at radius 2 is 2.11 bits per heavy atom. The maximum atomic E-state index is 11.6. The van der Waals surface area contributed by atoms with Crippen molar-refractivity contribution in [3.05, 3.63) is 24.3 Å². The molecule has 0 N–H and O–H groups in total. The number of aromatic nitrogens is 1. The van der Waals surface area contributed by atoms with Gasteiger partial charge in [0.05, 0.1) is 13.5 Å². The van der Waals surface area contributed by atoms with Gasteiger partial charge < -0.3 is 9.15 Å². The van der Waals surface area contributed by atoms with Crippen molar-refractivity contribution in [3.63, 3.8) is 0 Å². The standard InChI is InChI=1S/C12H11NO4S/c1-16-10(14)6-7-11(15)18-12-13-8-4-2-3-5-9(8)17-12/h2-5H,6-7H2,1H3. The number of hydrogen-bond donors (Lipinski definition) is 0. The lowest BCUT2D eigenvalue weighted by atomic mass is 10.3. The number of ether oxygens (including phenoxy) is 1. The van der Waals surface area contributed by atoms with Crippen molar-refractivity contribution in [2.75, 3.05) is 7.11 Å². The van der Waals surface area contributed by atoms with Gasteiger partial charge in [-0.2, -0.15) is 0 Å². The second kappa shape index (κ2) is 5.68. The van der Waals surface area contributed by atoms with Crippen LogP contribution in [0.3, 0.4) is 0 Å². The van der Waals surface area contributed by atoms with Crippen LogP contribution in [-0.2, 0) is 14.3 Å². The van der Waals surface area contributed by atoms with Crippen LogP contribution in [0.5, 0.6) is 0 Å². The molecule has 2 rings (SSSR count). The second-order valence-corrected chi connectivity index (χ2v) is 4.51. The number of oxazole rings is 1. The van der Waals surface area contributed by atoms with Gasteiger partial charge in [0.15, 0.2) is 10.7 Å². The molecular weight excluding hydrogens is 254 g/mol. The molecule has 18 heavy (non-hydrogen) atoms. The Hall–Kier alpha value is -1.82. The summed E-state index contributed by atoms with van der Waals surface area (Å²) >= 11 is 0.897. The molecule has 0 aliphatic carbocycles.